The Balaban J connectivity index is 2.44. The van der Waals surface area contributed by atoms with Crippen LogP contribution in [-0.4, -0.2) is 16.5 Å². The van der Waals surface area contributed by atoms with Crippen molar-refractivity contribution in [2.75, 3.05) is 5.01 Å². The van der Waals surface area contributed by atoms with Gasteiger partial charge in [0.1, 0.15) is 5.69 Å². The number of carbonyl (C=O) groups excluding carboxylic acids is 1. The number of nitro groups is 1. The van der Waals surface area contributed by atoms with Gasteiger partial charge in [-0.3, -0.25) is 14.9 Å². The molecule has 0 unspecified atom stereocenters. The standard InChI is InChI=1S/C11H11N3O3/c1-2-8-7-11(15)13(12-8)9-5-3-4-6-10(9)14(16)17/h3-6H,2,7H2,1H3. The first kappa shape index (κ1) is 11.3. The molecule has 0 radical (unpaired) electrons. The van der Waals surface area contributed by atoms with E-state index in [0.29, 0.717) is 6.42 Å². The summed E-state index contributed by atoms with van der Waals surface area (Å²) in [6, 6.07) is 6.10. The van der Waals surface area contributed by atoms with E-state index in [1.54, 1.807) is 12.1 Å². The fourth-order valence-corrected chi connectivity index (χ4v) is 1.66. The van der Waals surface area contributed by atoms with E-state index in [1.807, 2.05) is 6.92 Å². The van der Waals surface area contributed by atoms with Gasteiger partial charge >= 0.3 is 0 Å². The summed E-state index contributed by atoms with van der Waals surface area (Å²) >= 11 is 0. The van der Waals surface area contributed by atoms with Crippen LogP contribution < -0.4 is 5.01 Å². The van der Waals surface area contributed by atoms with Gasteiger partial charge in [0, 0.05) is 11.8 Å². The smallest absolute Gasteiger partial charge is 0.272 e. The Kier molecular flexibility index (Phi) is 2.86. The Morgan fingerprint density at radius 3 is 2.76 bits per heavy atom. The fraction of sp³-hybridized carbons (Fsp3) is 0.273. The molecule has 1 amide bonds. The molecule has 0 N–H and O–H groups in total. The molecule has 1 heterocycles. The molecule has 1 aromatic rings. The Morgan fingerprint density at radius 2 is 2.18 bits per heavy atom. The van der Waals surface area contributed by atoms with Crippen LogP contribution in [0, 0.1) is 10.1 Å². The van der Waals surface area contributed by atoms with E-state index < -0.39 is 4.92 Å². The highest BCUT2D eigenvalue weighted by atomic mass is 16.6. The van der Waals surface area contributed by atoms with Gasteiger partial charge in [0.15, 0.2) is 0 Å². The Hall–Kier alpha value is -2.24. The zero-order valence-electron chi connectivity index (χ0n) is 9.29. The molecule has 6 nitrogen and oxygen atoms in total. The van der Waals surface area contributed by atoms with Crippen molar-refractivity contribution in [3.05, 3.63) is 34.4 Å². The minimum atomic E-state index is -0.512. The van der Waals surface area contributed by atoms with Gasteiger partial charge in [-0.05, 0) is 12.5 Å². The first-order chi connectivity index (χ1) is 8.13. The molecule has 0 fully saturated rings. The molecule has 1 aliphatic heterocycles. The van der Waals surface area contributed by atoms with Crippen molar-refractivity contribution in [3.63, 3.8) is 0 Å². The summed E-state index contributed by atoms with van der Waals surface area (Å²) in [4.78, 5) is 22.1. The molecule has 0 atom stereocenters. The van der Waals surface area contributed by atoms with Crippen molar-refractivity contribution in [2.45, 2.75) is 19.8 Å². The lowest BCUT2D eigenvalue weighted by Gasteiger charge is -2.11. The topological polar surface area (TPSA) is 75.8 Å². The van der Waals surface area contributed by atoms with Crippen LogP contribution in [0.3, 0.4) is 0 Å². The van der Waals surface area contributed by atoms with E-state index in [2.05, 4.69) is 5.10 Å². The monoisotopic (exact) mass is 233 g/mol. The molecule has 6 heteroatoms. The SMILES string of the molecule is CCC1=NN(c2ccccc2[N+](=O)[O-])C(=O)C1. The molecular formula is C11H11N3O3. The minimum absolute atomic E-state index is 0.109. The van der Waals surface area contributed by atoms with E-state index in [0.717, 1.165) is 10.7 Å². The molecule has 17 heavy (non-hydrogen) atoms. The highest BCUT2D eigenvalue weighted by molar-refractivity contribution is 6.13. The van der Waals surface area contributed by atoms with Crippen LogP contribution in [0.25, 0.3) is 0 Å². The average molecular weight is 233 g/mol. The molecule has 0 spiro atoms. The summed E-state index contributed by atoms with van der Waals surface area (Å²) in [6.07, 6.45) is 0.908. The van der Waals surface area contributed by atoms with Crippen LogP contribution in [0.1, 0.15) is 19.8 Å². The molecule has 0 bridgehead atoms. The lowest BCUT2D eigenvalue weighted by atomic mass is 10.2. The van der Waals surface area contributed by atoms with E-state index in [1.165, 1.54) is 12.1 Å². The minimum Gasteiger partial charge on any atom is -0.272 e. The van der Waals surface area contributed by atoms with Crippen LogP contribution in [0.5, 0.6) is 0 Å². The summed E-state index contributed by atoms with van der Waals surface area (Å²) in [7, 11) is 0. The van der Waals surface area contributed by atoms with E-state index in [4.69, 9.17) is 0 Å². The van der Waals surface area contributed by atoms with Crippen molar-refractivity contribution in [3.8, 4) is 0 Å². The third-order valence-electron chi connectivity index (χ3n) is 2.55. The van der Waals surface area contributed by atoms with E-state index >= 15 is 0 Å². The van der Waals surface area contributed by atoms with Crippen molar-refractivity contribution in [1.29, 1.82) is 0 Å². The highest BCUT2D eigenvalue weighted by Crippen LogP contribution is 2.30. The number of nitro benzene ring substituents is 1. The predicted molar refractivity (Wildman–Crippen MR) is 62.9 cm³/mol. The van der Waals surface area contributed by atoms with Crippen LogP contribution >= 0.6 is 0 Å². The van der Waals surface area contributed by atoms with Gasteiger partial charge in [-0.1, -0.05) is 19.1 Å². The van der Waals surface area contributed by atoms with Crippen molar-refractivity contribution >= 4 is 23.0 Å². The number of carbonyl (C=O) groups is 1. The number of hydrazone groups is 1. The first-order valence-electron chi connectivity index (χ1n) is 5.26. The number of hydrogen-bond donors (Lipinski definition) is 0. The van der Waals surface area contributed by atoms with Crippen molar-refractivity contribution < 1.29 is 9.72 Å². The first-order valence-corrected chi connectivity index (χ1v) is 5.26. The number of nitrogens with zero attached hydrogens (tertiary/aromatic N) is 3. The van der Waals surface area contributed by atoms with Gasteiger partial charge in [-0.15, -0.1) is 0 Å². The number of benzene rings is 1. The van der Waals surface area contributed by atoms with Gasteiger partial charge in [-0.2, -0.15) is 10.1 Å². The molecule has 0 aliphatic carbocycles. The number of para-hydroxylation sites is 2. The van der Waals surface area contributed by atoms with Gasteiger partial charge in [0.2, 0.25) is 0 Å². The largest absolute Gasteiger partial charge is 0.295 e. The Bertz CT molecular complexity index is 510. The molecule has 0 aromatic heterocycles. The Labute approximate surface area is 97.7 Å². The van der Waals surface area contributed by atoms with Gasteiger partial charge < -0.3 is 0 Å². The Morgan fingerprint density at radius 1 is 1.47 bits per heavy atom. The predicted octanol–water partition coefficient (Wildman–Crippen LogP) is 2.10. The maximum Gasteiger partial charge on any atom is 0.295 e. The maximum absolute atomic E-state index is 11.7. The van der Waals surface area contributed by atoms with E-state index in [-0.39, 0.29) is 23.7 Å². The number of amides is 1. The highest BCUT2D eigenvalue weighted by Gasteiger charge is 2.29. The zero-order chi connectivity index (χ0) is 12.4. The third-order valence-corrected chi connectivity index (χ3v) is 2.55. The van der Waals surface area contributed by atoms with Crippen LogP contribution in [0.4, 0.5) is 11.4 Å². The molecule has 88 valence electrons. The second-order valence-electron chi connectivity index (χ2n) is 3.65. The van der Waals surface area contributed by atoms with Gasteiger partial charge in [-0.25, -0.2) is 0 Å². The third kappa shape index (κ3) is 2.01. The fourth-order valence-electron chi connectivity index (χ4n) is 1.66. The molecule has 1 aliphatic rings. The molecule has 2 rings (SSSR count). The van der Waals surface area contributed by atoms with Gasteiger partial charge in [0.25, 0.3) is 11.6 Å². The lowest BCUT2D eigenvalue weighted by molar-refractivity contribution is -0.384. The van der Waals surface area contributed by atoms with Gasteiger partial charge in [0.05, 0.1) is 11.3 Å². The van der Waals surface area contributed by atoms with E-state index in [9.17, 15) is 14.9 Å². The molecule has 0 saturated carbocycles. The molecular weight excluding hydrogens is 222 g/mol. The molecule has 0 saturated heterocycles. The second kappa shape index (κ2) is 4.32. The quantitative estimate of drug-likeness (QED) is 0.592. The maximum atomic E-state index is 11.7. The van der Waals surface area contributed by atoms with Crippen LogP contribution in [0.15, 0.2) is 29.4 Å². The summed E-state index contributed by atoms with van der Waals surface area (Å²) in [5.74, 6) is -0.226. The average Bonchev–Trinajstić information content (AvgIpc) is 2.70. The molecule has 1 aromatic carbocycles. The summed E-state index contributed by atoms with van der Waals surface area (Å²) < 4.78 is 0. The second-order valence-corrected chi connectivity index (χ2v) is 3.65. The number of hydrogen-bond acceptors (Lipinski definition) is 4. The van der Waals surface area contributed by atoms with Crippen molar-refractivity contribution in [1.82, 2.24) is 0 Å². The normalized spacial score (nSPS) is 15.0. The number of anilines is 1. The summed E-state index contributed by atoms with van der Waals surface area (Å²) in [5.41, 5.74) is 0.862. The summed E-state index contributed by atoms with van der Waals surface area (Å²) in [5, 5.41) is 16.1. The zero-order valence-corrected chi connectivity index (χ0v) is 9.29. The lowest BCUT2D eigenvalue weighted by Crippen LogP contribution is -2.20. The number of rotatable bonds is 3. The summed E-state index contributed by atoms with van der Waals surface area (Å²) in [6.45, 7) is 1.90. The van der Waals surface area contributed by atoms with Crippen LogP contribution in [0.2, 0.25) is 0 Å². The van der Waals surface area contributed by atoms with Crippen molar-refractivity contribution in [2.24, 2.45) is 5.10 Å². The van der Waals surface area contributed by atoms with Crippen LogP contribution in [-0.2, 0) is 4.79 Å².